The third-order valence-electron chi connectivity index (χ3n) is 6.07. The molecule has 0 radical (unpaired) electrons. The largest absolute Gasteiger partial charge is 0.424 e. The molecule has 4 N–H and O–H groups in total. The molecule has 8 nitrogen and oxygen atoms in total. The van der Waals surface area contributed by atoms with Gasteiger partial charge in [0.1, 0.15) is 11.6 Å². The van der Waals surface area contributed by atoms with E-state index in [9.17, 15) is 18.0 Å². The van der Waals surface area contributed by atoms with Crippen molar-refractivity contribution < 1.29 is 22.7 Å². The number of carbonyl (C=O) groups is 1. The Hall–Kier alpha value is -5.16. The maximum atomic E-state index is 13.4. The van der Waals surface area contributed by atoms with Gasteiger partial charge in [0.2, 0.25) is 0 Å². The van der Waals surface area contributed by atoms with Gasteiger partial charge in [-0.1, -0.05) is 59.6 Å². The minimum absolute atomic E-state index is 0.00689. The van der Waals surface area contributed by atoms with Gasteiger partial charge in [0.05, 0.1) is 34.4 Å². The van der Waals surface area contributed by atoms with Crippen molar-refractivity contribution >= 4 is 34.8 Å². The molecular weight excluding hydrogens is 569 g/mol. The van der Waals surface area contributed by atoms with E-state index in [0.717, 1.165) is 23.3 Å². The van der Waals surface area contributed by atoms with E-state index >= 15 is 0 Å². The van der Waals surface area contributed by atoms with Crippen molar-refractivity contribution in [3.05, 3.63) is 108 Å². The molecular formula is C30H22ClF3N6O2. The molecule has 0 aliphatic rings. The highest BCUT2D eigenvalue weighted by molar-refractivity contribution is 6.30. The maximum Gasteiger partial charge on any atom is 0.416 e. The Labute approximate surface area is 243 Å². The lowest BCUT2D eigenvalue weighted by Crippen LogP contribution is -2.20. The van der Waals surface area contributed by atoms with Crippen molar-refractivity contribution in [2.75, 3.05) is 16.4 Å². The SMILES string of the molecule is Cc1cccc(-c2ccc(C(F)(F)F)cc2NC(=O)Nc2cnc(Oc3ccc(-c4cc(Cl)cnc4N)cc3)nc2)c1. The zero-order valence-electron chi connectivity index (χ0n) is 21.9. The summed E-state index contributed by atoms with van der Waals surface area (Å²) in [5.74, 6) is 0.780. The quantitative estimate of drug-likeness (QED) is 0.184. The molecule has 0 unspecified atom stereocenters. The molecule has 212 valence electrons. The van der Waals surface area contributed by atoms with Crippen molar-refractivity contribution in [1.82, 2.24) is 15.0 Å². The Bertz CT molecular complexity index is 1750. The molecule has 2 amide bonds. The summed E-state index contributed by atoms with van der Waals surface area (Å²) < 4.78 is 45.9. The monoisotopic (exact) mass is 590 g/mol. The zero-order chi connectivity index (χ0) is 29.9. The third kappa shape index (κ3) is 6.76. The molecule has 5 aromatic rings. The van der Waals surface area contributed by atoms with Crippen LogP contribution >= 0.6 is 11.6 Å². The number of nitrogens with one attached hydrogen (secondary N) is 2. The van der Waals surface area contributed by atoms with Gasteiger partial charge >= 0.3 is 18.2 Å². The second kappa shape index (κ2) is 11.8. The molecule has 0 aliphatic carbocycles. The van der Waals surface area contributed by atoms with Crippen LogP contribution in [0.4, 0.5) is 35.2 Å². The molecule has 2 aromatic heterocycles. The van der Waals surface area contributed by atoms with Crippen LogP contribution in [0.2, 0.25) is 5.02 Å². The average molecular weight is 591 g/mol. The fraction of sp³-hybridized carbons (Fsp3) is 0.0667. The Morgan fingerprint density at radius 2 is 1.60 bits per heavy atom. The number of nitrogen functional groups attached to an aromatic ring is 1. The molecule has 0 atom stereocenters. The number of aromatic nitrogens is 3. The predicted octanol–water partition coefficient (Wildman–Crippen LogP) is 8.20. The van der Waals surface area contributed by atoms with Crippen molar-refractivity contribution in [3.8, 4) is 34.0 Å². The van der Waals surface area contributed by atoms with Gasteiger partial charge in [-0.05, 0) is 48.4 Å². The number of carbonyl (C=O) groups excluding carboxylic acids is 1. The van der Waals surface area contributed by atoms with Gasteiger partial charge in [0.25, 0.3) is 0 Å². The first kappa shape index (κ1) is 28.4. The van der Waals surface area contributed by atoms with Gasteiger partial charge in [-0.3, -0.25) is 0 Å². The van der Waals surface area contributed by atoms with E-state index < -0.39 is 17.8 Å². The number of hydrogen-bond acceptors (Lipinski definition) is 6. The van der Waals surface area contributed by atoms with Crippen LogP contribution in [0.3, 0.4) is 0 Å². The topological polar surface area (TPSA) is 115 Å². The van der Waals surface area contributed by atoms with Crippen molar-refractivity contribution in [1.29, 1.82) is 0 Å². The molecule has 3 aromatic carbocycles. The number of hydrogen-bond donors (Lipinski definition) is 3. The Morgan fingerprint density at radius 3 is 2.29 bits per heavy atom. The van der Waals surface area contributed by atoms with E-state index in [-0.39, 0.29) is 17.4 Å². The number of halogens is 4. The van der Waals surface area contributed by atoms with Crippen molar-refractivity contribution in [2.45, 2.75) is 13.1 Å². The summed E-state index contributed by atoms with van der Waals surface area (Å²) in [6.07, 6.45) is -0.502. The lowest BCUT2D eigenvalue weighted by molar-refractivity contribution is -0.137. The summed E-state index contributed by atoms with van der Waals surface area (Å²) in [6.45, 7) is 1.87. The van der Waals surface area contributed by atoms with Crippen LogP contribution in [0.15, 0.2) is 91.4 Å². The number of urea groups is 1. The highest BCUT2D eigenvalue weighted by atomic mass is 35.5. The molecule has 12 heteroatoms. The second-order valence-electron chi connectivity index (χ2n) is 9.17. The number of nitrogens with two attached hydrogens (primary N) is 1. The lowest BCUT2D eigenvalue weighted by Gasteiger charge is -2.16. The molecule has 5 rings (SSSR count). The first-order valence-electron chi connectivity index (χ1n) is 12.4. The van der Waals surface area contributed by atoms with Gasteiger partial charge in [0.15, 0.2) is 0 Å². The molecule has 0 bridgehead atoms. The third-order valence-corrected chi connectivity index (χ3v) is 6.28. The Kier molecular flexibility index (Phi) is 7.94. The van der Waals surface area contributed by atoms with Gasteiger partial charge in [-0.15, -0.1) is 0 Å². The molecule has 0 saturated carbocycles. The standard InChI is InChI=1S/C30H22ClF3N6O2/c1-17-3-2-4-19(11-17)24-10-7-20(30(32,33)34)12-26(24)40-28(41)39-22-15-37-29(38-16-22)42-23-8-5-18(6-9-23)25-13-21(31)14-36-27(25)35/h2-16H,1H3,(H2,35,36)(H2,39,40,41). The van der Waals surface area contributed by atoms with Gasteiger partial charge < -0.3 is 21.1 Å². The van der Waals surface area contributed by atoms with Gasteiger partial charge in [-0.25, -0.2) is 19.7 Å². The molecule has 0 fully saturated rings. The Morgan fingerprint density at radius 1 is 0.857 bits per heavy atom. The minimum atomic E-state index is -4.58. The van der Waals surface area contributed by atoms with E-state index in [1.165, 1.54) is 24.7 Å². The molecule has 0 aliphatic heterocycles. The number of ether oxygens (including phenoxy) is 1. The van der Waals surface area contributed by atoms with Gasteiger partial charge in [0, 0.05) is 17.3 Å². The number of benzene rings is 3. The number of pyridine rings is 1. The number of alkyl halides is 3. The van der Waals surface area contributed by atoms with E-state index in [1.807, 2.05) is 19.1 Å². The molecule has 2 heterocycles. The average Bonchev–Trinajstić information content (AvgIpc) is 2.95. The zero-order valence-corrected chi connectivity index (χ0v) is 22.7. The summed E-state index contributed by atoms with van der Waals surface area (Å²) in [7, 11) is 0. The van der Waals surface area contributed by atoms with Crippen LogP contribution in [0.25, 0.3) is 22.3 Å². The van der Waals surface area contributed by atoms with E-state index in [0.29, 0.717) is 33.3 Å². The predicted molar refractivity (Wildman–Crippen MR) is 155 cm³/mol. The minimum Gasteiger partial charge on any atom is -0.424 e. The highest BCUT2D eigenvalue weighted by Crippen LogP contribution is 2.36. The molecule has 42 heavy (non-hydrogen) atoms. The van der Waals surface area contributed by atoms with E-state index in [2.05, 4.69) is 25.6 Å². The summed E-state index contributed by atoms with van der Waals surface area (Å²) in [4.78, 5) is 25.0. The number of anilines is 3. The first-order valence-corrected chi connectivity index (χ1v) is 12.8. The fourth-order valence-electron chi connectivity index (χ4n) is 4.10. The van der Waals surface area contributed by atoms with Crippen LogP contribution in [0.1, 0.15) is 11.1 Å². The highest BCUT2D eigenvalue weighted by Gasteiger charge is 2.31. The number of aryl methyl sites for hydroxylation is 1. The van der Waals surface area contributed by atoms with Crippen molar-refractivity contribution in [3.63, 3.8) is 0 Å². The fourth-order valence-corrected chi connectivity index (χ4v) is 4.25. The normalized spacial score (nSPS) is 11.2. The summed E-state index contributed by atoms with van der Waals surface area (Å²) >= 11 is 6.02. The summed E-state index contributed by atoms with van der Waals surface area (Å²) in [5.41, 5.74) is 8.71. The number of amides is 2. The van der Waals surface area contributed by atoms with E-state index in [1.54, 1.807) is 42.5 Å². The van der Waals surface area contributed by atoms with Crippen LogP contribution in [0.5, 0.6) is 11.8 Å². The van der Waals surface area contributed by atoms with E-state index in [4.69, 9.17) is 22.1 Å². The van der Waals surface area contributed by atoms with Crippen LogP contribution in [-0.4, -0.2) is 21.0 Å². The van der Waals surface area contributed by atoms with Crippen molar-refractivity contribution in [2.24, 2.45) is 0 Å². The van der Waals surface area contributed by atoms with Crippen LogP contribution < -0.4 is 21.1 Å². The molecule has 0 saturated heterocycles. The lowest BCUT2D eigenvalue weighted by atomic mass is 9.99. The molecule has 0 spiro atoms. The summed E-state index contributed by atoms with van der Waals surface area (Å²) in [5, 5.41) is 5.49. The first-order chi connectivity index (χ1) is 20.0. The summed E-state index contributed by atoms with van der Waals surface area (Å²) in [6, 6.07) is 18.3. The number of nitrogens with zero attached hydrogens (tertiary/aromatic N) is 3. The van der Waals surface area contributed by atoms with Crippen LogP contribution in [-0.2, 0) is 6.18 Å². The maximum absolute atomic E-state index is 13.4. The van der Waals surface area contributed by atoms with Crippen LogP contribution in [0, 0.1) is 6.92 Å². The second-order valence-corrected chi connectivity index (χ2v) is 9.61. The Balaban J connectivity index is 1.27. The number of rotatable bonds is 6. The van der Waals surface area contributed by atoms with Gasteiger partial charge in [-0.2, -0.15) is 13.2 Å². The smallest absolute Gasteiger partial charge is 0.416 e.